The number of aliphatic hydroxyl groups is 22. The normalized spacial score (nSPS) is 50.8. The van der Waals surface area contributed by atoms with Crippen LogP contribution in [0.3, 0.4) is 0 Å². The van der Waals surface area contributed by atoms with E-state index in [0.717, 1.165) is 0 Å². The lowest BCUT2D eigenvalue weighted by molar-refractivity contribution is -0.367. The van der Waals surface area contributed by atoms with Crippen molar-refractivity contribution in [2.24, 2.45) is 29.6 Å². The molecule has 11 aliphatic rings. The summed E-state index contributed by atoms with van der Waals surface area (Å²) in [7, 11) is 0. The summed E-state index contributed by atoms with van der Waals surface area (Å²) in [6, 6.07) is 0. The lowest BCUT2D eigenvalue weighted by atomic mass is 9.72. The third-order valence-corrected chi connectivity index (χ3v) is 23.0. The zero-order chi connectivity index (χ0) is 74.2. The van der Waals surface area contributed by atoms with E-state index in [4.69, 9.17) is 66.3 Å². The van der Waals surface area contributed by atoms with Crippen molar-refractivity contribution in [1.82, 2.24) is 0 Å². The largest absolute Gasteiger partial charge is 0.463 e. The lowest BCUT2D eigenvalue weighted by Gasteiger charge is -2.49. The molecule has 21 N–H and O–H groups in total. The van der Waals surface area contributed by atoms with Gasteiger partial charge in [0.2, 0.25) is 0 Å². The average Bonchev–Trinajstić information content (AvgIpc) is 0.761. The summed E-state index contributed by atoms with van der Waals surface area (Å²) in [6.45, 7) is -0.723. The molecule has 103 heavy (non-hydrogen) atoms. The molecule has 37 heteroatoms. The monoisotopic (exact) mass is 1490 g/mol. The summed E-state index contributed by atoms with van der Waals surface area (Å²) in [5, 5.41) is 216. The minimum absolute atomic E-state index is 0.00426. The molecule has 0 aromatic heterocycles. The van der Waals surface area contributed by atoms with Crippen LogP contribution in [0, 0.1) is 29.6 Å². The van der Waals surface area contributed by atoms with Crippen molar-refractivity contribution in [2.45, 2.75) is 337 Å². The Balaban J connectivity index is 0.618. The van der Waals surface area contributed by atoms with Gasteiger partial charge in [-0.2, -0.15) is 0 Å². The average molecular weight is 1490 g/mol. The number of hydrogen-bond acceptors (Lipinski definition) is 36. The van der Waals surface area contributed by atoms with Crippen LogP contribution in [0.15, 0.2) is 0 Å². The summed E-state index contributed by atoms with van der Waals surface area (Å²) >= 11 is 0. The second-order valence-corrected chi connectivity index (χ2v) is 30.1. The maximum absolute atomic E-state index is 13.6. The van der Waals surface area contributed by atoms with Crippen LogP contribution in [-0.2, 0) is 76.0 Å². The van der Waals surface area contributed by atoms with Gasteiger partial charge in [0.1, 0.15) is 148 Å². The SMILES string of the molecule is C[C@@H]1O[C@@H](OC[C@H]2O[C@@H](OC3CC4C(O)CC(O[C@@H]5O[C@H](COC(=O)C6CCC(O[C@@H]7O[C@H](COC(=O)C8CCC(O[C@@H]9O[C@H](COC(=O)C%10CCC(O)CC%10)[C@@H](O)[C@H](O)[C@H]9O)CC8)[C@@H](O)[C@H](O)[C@H]7O)CC6)[C@@H](O)[C@H](O)[C@H]5O)CC4[OH+]C3C3CC(O)C(O)C(O)C3)[C@H](O)[C@@H](O)[C@@H]2O)[C@H](O)[C@H](O)[C@H]1O. The molecule has 592 valence electrons. The molecule has 5 aliphatic carbocycles. The quantitative estimate of drug-likeness (QED) is 0.0288. The molecule has 0 aromatic carbocycles. The van der Waals surface area contributed by atoms with Gasteiger partial charge in [0.25, 0.3) is 0 Å². The van der Waals surface area contributed by atoms with Crippen LogP contribution >= 0.6 is 0 Å². The summed E-state index contributed by atoms with van der Waals surface area (Å²) in [5.41, 5.74) is 0. The Morgan fingerprint density at radius 2 is 0.699 bits per heavy atom. The van der Waals surface area contributed by atoms with Crippen LogP contribution in [0.1, 0.15) is 116 Å². The minimum atomic E-state index is -1.89. The smallest absolute Gasteiger partial charge is 0.309 e. The molecule has 0 amide bonds. The van der Waals surface area contributed by atoms with Crippen molar-refractivity contribution in [3.63, 3.8) is 0 Å². The first-order valence-electron chi connectivity index (χ1n) is 36.3. The zero-order valence-corrected chi connectivity index (χ0v) is 56.9. The number of carbonyl (C=O) groups excluding carboxylic acids is 3. The minimum Gasteiger partial charge on any atom is -0.463 e. The maximum atomic E-state index is 13.6. The number of ether oxygens (including phenoxy) is 14. The standard InChI is InChI=1S/C66H106O37/c1-23-42(71)48(77)53(82)62(94-23)93-22-41-47(76)52(81)57(86)66(103-41)99-37-18-32-33(68)16-31(17-36(32)98-58(37)27-14-34(69)43(72)35(70)15-27)97-65-56(85)51(80)46(75)40(102-65)21-92-61(89)26-6-12-30(13-7-26)96-64-55(84)50(79)45(74)39(101-64)20-91-60(88)25-4-10-29(11-5-25)95-63-54(83)49(78)44(73)38(100-63)19-90-59(87)24-2-8-28(67)9-3-24/h23-58,62-86H,2-22H2,1H3/p+1/t23-,24?,25?,26?,27?,28?,29?,30?,31?,32?,33?,34?,35?,36?,37?,38+,39+,40+,41+,42-,43?,44+,45+,46+,47+,48+,49-,50-,51-,52-,53+,54+,55+,56+,57+,58?,62+,63+,64+,65+,66+/m0/s1. The Kier molecular flexibility index (Phi) is 27.9. The molecule has 8 unspecified atom stereocenters. The van der Waals surface area contributed by atoms with Crippen molar-refractivity contribution in [1.29, 1.82) is 0 Å². The second-order valence-electron chi connectivity index (χ2n) is 30.1. The van der Waals surface area contributed by atoms with Crippen LogP contribution in [0.4, 0.5) is 0 Å². The van der Waals surface area contributed by atoms with Gasteiger partial charge in [-0.3, -0.25) is 14.4 Å². The Labute approximate surface area is 591 Å². The predicted molar refractivity (Wildman–Crippen MR) is 333 cm³/mol. The Bertz CT molecular complexity index is 2670. The van der Waals surface area contributed by atoms with Gasteiger partial charge in [-0.25, -0.2) is 0 Å². The summed E-state index contributed by atoms with van der Waals surface area (Å²) < 4.78 is 80.9. The van der Waals surface area contributed by atoms with E-state index in [1.165, 1.54) is 6.92 Å². The first kappa shape index (κ1) is 81.2. The van der Waals surface area contributed by atoms with E-state index in [1.54, 1.807) is 0 Å². The molecular weight excluding hydrogens is 1380 g/mol. The van der Waals surface area contributed by atoms with Gasteiger partial charge in [-0.15, -0.1) is 0 Å². The van der Waals surface area contributed by atoms with Crippen molar-refractivity contribution >= 4 is 17.9 Å². The molecule has 0 bridgehead atoms. The predicted octanol–water partition coefficient (Wildman–Crippen LogP) is -8.90. The molecule has 6 saturated heterocycles. The highest BCUT2D eigenvalue weighted by atomic mass is 16.8. The molecule has 33 atom stereocenters. The Morgan fingerprint density at radius 1 is 0.340 bits per heavy atom. The molecule has 0 radical (unpaired) electrons. The number of rotatable bonds is 21. The summed E-state index contributed by atoms with van der Waals surface area (Å²) in [4.78, 5) is 39.6. The molecule has 0 aromatic rings. The molecule has 5 saturated carbocycles. The molecule has 0 spiro atoms. The number of aliphatic hydroxyl groups excluding tert-OH is 20. The first-order chi connectivity index (χ1) is 48.9. The van der Waals surface area contributed by atoms with Crippen LogP contribution in [-0.4, -0.2) is 372 Å². The van der Waals surface area contributed by atoms with E-state index in [1.807, 2.05) is 0 Å². The highest BCUT2D eigenvalue weighted by Gasteiger charge is 2.58. The molecule has 37 nitrogen and oxygen atoms in total. The van der Waals surface area contributed by atoms with Crippen LogP contribution in [0.5, 0.6) is 0 Å². The van der Waals surface area contributed by atoms with Crippen LogP contribution < -0.4 is 0 Å². The number of hydrogen-bond donors (Lipinski definition) is 20. The fourth-order valence-electron chi connectivity index (χ4n) is 16.4. The van der Waals surface area contributed by atoms with Crippen LogP contribution in [0.25, 0.3) is 0 Å². The van der Waals surface area contributed by atoms with E-state index in [9.17, 15) is 117 Å². The highest BCUT2D eigenvalue weighted by molar-refractivity contribution is 5.73. The van der Waals surface area contributed by atoms with E-state index < -0.39 is 295 Å². The van der Waals surface area contributed by atoms with Gasteiger partial charge < -0.3 is 168 Å². The number of carbonyl (C=O) groups is 3. The van der Waals surface area contributed by atoms with E-state index in [0.29, 0.717) is 25.7 Å². The van der Waals surface area contributed by atoms with Gasteiger partial charge in [0.15, 0.2) is 43.7 Å². The number of esters is 3. The van der Waals surface area contributed by atoms with Crippen molar-refractivity contribution in [3.05, 3.63) is 0 Å². The van der Waals surface area contributed by atoms with Crippen molar-refractivity contribution in [2.75, 3.05) is 26.4 Å². The van der Waals surface area contributed by atoms with Gasteiger partial charge in [-0.05, 0) is 103 Å². The highest BCUT2D eigenvalue weighted by Crippen LogP contribution is 2.45. The van der Waals surface area contributed by atoms with Crippen molar-refractivity contribution in [3.8, 4) is 0 Å². The second kappa shape index (κ2) is 35.5. The maximum Gasteiger partial charge on any atom is 0.309 e. The first-order valence-corrected chi connectivity index (χ1v) is 36.3. The molecule has 6 aliphatic heterocycles. The van der Waals surface area contributed by atoms with E-state index in [-0.39, 0.29) is 83.5 Å². The Hall–Kier alpha value is -2.83. The fourth-order valence-corrected chi connectivity index (χ4v) is 16.4. The van der Waals surface area contributed by atoms with E-state index in [2.05, 4.69) is 0 Å². The molecule has 11 fully saturated rings. The zero-order valence-electron chi connectivity index (χ0n) is 56.9. The van der Waals surface area contributed by atoms with Crippen molar-refractivity contribution < 1.29 is 183 Å². The third-order valence-electron chi connectivity index (χ3n) is 23.0. The third kappa shape index (κ3) is 18.8. The van der Waals surface area contributed by atoms with Gasteiger partial charge >= 0.3 is 17.9 Å². The molecule has 11 rings (SSSR count). The summed E-state index contributed by atoms with van der Waals surface area (Å²) in [6.07, 6.45) is -47.7. The van der Waals surface area contributed by atoms with Gasteiger partial charge in [-0.1, -0.05) is 0 Å². The summed E-state index contributed by atoms with van der Waals surface area (Å²) in [5.74, 6) is -5.06. The fraction of sp³-hybridized carbons (Fsp3) is 0.955. The lowest BCUT2D eigenvalue weighted by Crippen LogP contribution is -2.64. The van der Waals surface area contributed by atoms with Gasteiger partial charge in [0, 0.05) is 18.8 Å². The van der Waals surface area contributed by atoms with Crippen LogP contribution in [0.2, 0.25) is 0 Å². The van der Waals surface area contributed by atoms with Gasteiger partial charge in [0.05, 0.1) is 79.1 Å². The topological polar surface area (TPSA) is 589 Å². The van der Waals surface area contributed by atoms with E-state index >= 15 is 0 Å². The number of fused-ring (bicyclic) bond motifs is 1. The Morgan fingerprint density at radius 3 is 1.12 bits per heavy atom. The molecule has 6 heterocycles. The molecular formula is C66H107O37+.